The lowest BCUT2D eigenvalue weighted by atomic mass is 10.0. The van der Waals surface area contributed by atoms with Gasteiger partial charge in [-0.25, -0.2) is 17.5 Å². The Morgan fingerprint density at radius 2 is 1.89 bits per heavy atom. The highest BCUT2D eigenvalue weighted by atomic mass is 32.2. The highest BCUT2D eigenvalue weighted by Gasteiger charge is 2.22. The standard InChI is InChI=1S/C20H22N2O5S/c1-13(2)18-11-16(15-7-5-6-8-17(15)21-18)20(23)26-12-14-9-10-19(27-14)28(24,25)22(3)4/h5-11,13H,12H2,1-4H3. The van der Waals surface area contributed by atoms with Crippen LogP contribution in [0.1, 0.15) is 41.6 Å². The first-order valence-corrected chi connectivity index (χ1v) is 10.2. The number of benzene rings is 1. The monoisotopic (exact) mass is 402 g/mol. The molecule has 148 valence electrons. The predicted octanol–water partition coefficient (Wildman–Crippen LogP) is 3.56. The average molecular weight is 402 g/mol. The van der Waals surface area contributed by atoms with E-state index in [0.717, 1.165) is 15.5 Å². The van der Waals surface area contributed by atoms with E-state index in [0.29, 0.717) is 10.9 Å². The number of esters is 1. The molecular weight excluding hydrogens is 380 g/mol. The zero-order valence-electron chi connectivity index (χ0n) is 16.2. The molecule has 2 heterocycles. The van der Waals surface area contributed by atoms with Gasteiger partial charge in [0.05, 0.1) is 11.1 Å². The molecule has 8 heteroatoms. The molecule has 0 aliphatic heterocycles. The fourth-order valence-electron chi connectivity index (χ4n) is 2.63. The molecule has 0 saturated heterocycles. The van der Waals surface area contributed by atoms with E-state index in [1.165, 1.54) is 26.2 Å². The maximum absolute atomic E-state index is 12.7. The number of sulfonamides is 1. The molecule has 0 fully saturated rings. The summed E-state index contributed by atoms with van der Waals surface area (Å²) in [6.07, 6.45) is 0. The summed E-state index contributed by atoms with van der Waals surface area (Å²) in [6.45, 7) is 3.83. The Balaban J connectivity index is 1.84. The van der Waals surface area contributed by atoms with Gasteiger partial charge in [-0.1, -0.05) is 32.0 Å². The van der Waals surface area contributed by atoms with Crippen molar-refractivity contribution in [2.45, 2.75) is 31.5 Å². The van der Waals surface area contributed by atoms with Crippen molar-refractivity contribution >= 4 is 26.9 Å². The molecule has 0 saturated carbocycles. The van der Waals surface area contributed by atoms with Crippen LogP contribution in [0.25, 0.3) is 10.9 Å². The summed E-state index contributed by atoms with van der Waals surface area (Å²) in [5.41, 5.74) is 1.93. The van der Waals surface area contributed by atoms with Gasteiger partial charge in [0.25, 0.3) is 10.0 Å². The molecule has 0 amide bonds. The lowest BCUT2D eigenvalue weighted by Crippen LogP contribution is -2.21. The molecule has 0 unspecified atom stereocenters. The molecule has 0 radical (unpaired) electrons. The number of fused-ring (bicyclic) bond motifs is 1. The number of hydrogen-bond acceptors (Lipinski definition) is 6. The van der Waals surface area contributed by atoms with Gasteiger partial charge in [-0.2, -0.15) is 0 Å². The molecule has 3 rings (SSSR count). The van der Waals surface area contributed by atoms with Gasteiger partial charge in [0.2, 0.25) is 5.09 Å². The van der Waals surface area contributed by atoms with Crippen LogP contribution in [0.4, 0.5) is 0 Å². The second-order valence-electron chi connectivity index (χ2n) is 6.85. The van der Waals surface area contributed by atoms with Crippen LogP contribution in [0.3, 0.4) is 0 Å². The van der Waals surface area contributed by atoms with Crippen molar-refractivity contribution in [2.24, 2.45) is 0 Å². The summed E-state index contributed by atoms with van der Waals surface area (Å²) in [4.78, 5) is 17.3. The Hall–Kier alpha value is -2.71. The van der Waals surface area contributed by atoms with Crippen LogP contribution in [-0.2, 0) is 21.4 Å². The Bertz CT molecular complexity index is 1120. The van der Waals surface area contributed by atoms with E-state index in [9.17, 15) is 13.2 Å². The molecule has 2 aromatic heterocycles. The minimum atomic E-state index is -3.67. The van der Waals surface area contributed by atoms with E-state index in [1.807, 2.05) is 38.1 Å². The summed E-state index contributed by atoms with van der Waals surface area (Å²) in [7, 11) is -0.843. The lowest BCUT2D eigenvalue weighted by Gasteiger charge is -2.11. The summed E-state index contributed by atoms with van der Waals surface area (Å²) >= 11 is 0. The van der Waals surface area contributed by atoms with Gasteiger partial charge in [-0.15, -0.1) is 0 Å². The van der Waals surface area contributed by atoms with Crippen LogP contribution in [-0.4, -0.2) is 37.8 Å². The summed E-state index contributed by atoms with van der Waals surface area (Å²) in [5.74, 6) is -0.120. The first-order valence-electron chi connectivity index (χ1n) is 8.78. The molecule has 3 aromatic rings. The SMILES string of the molecule is CC(C)c1cc(C(=O)OCc2ccc(S(=O)(=O)N(C)C)o2)c2ccccc2n1. The van der Waals surface area contributed by atoms with Crippen LogP contribution < -0.4 is 0 Å². The fraction of sp³-hybridized carbons (Fsp3) is 0.300. The smallest absolute Gasteiger partial charge is 0.339 e. The lowest BCUT2D eigenvalue weighted by molar-refractivity contribution is 0.0442. The van der Waals surface area contributed by atoms with Crippen molar-refractivity contribution in [1.29, 1.82) is 0 Å². The second kappa shape index (κ2) is 7.73. The number of carbonyl (C=O) groups excluding carboxylic acids is 1. The fourth-order valence-corrected chi connectivity index (χ4v) is 3.44. The average Bonchev–Trinajstić information content (AvgIpc) is 3.14. The zero-order valence-corrected chi connectivity index (χ0v) is 17.0. The maximum atomic E-state index is 12.7. The van der Waals surface area contributed by atoms with E-state index in [1.54, 1.807) is 6.07 Å². The Labute approximate surface area is 164 Å². The molecule has 7 nitrogen and oxygen atoms in total. The number of furan rings is 1. The van der Waals surface area contributed by atoms with Crippen molar-refractivity contribution in [3.05, 3.63) is 59.5 Å². The van der Waals surface area contributed by atoms with E-state index in [2.05, 4.69) is 4.98 Å². The number of carbonyl (C=O) groups is 1. The van der Waals surface area contributed by atoms with E-state index >= 15 is 0 Å². The zero-order chi connectivity index (χ0) is 20.5. The third-order valence-electron chi connectivity index (χ3n) is 4.26. The Morgan fingerprint density at radius 3 is 2.57 bits per heavy atom. The van der Waals surface area contributed by atoms with Gasteiger partial charge in [-0.3, -0.25) is 4.98 Å². The number of rotatable bonds is 6. The van der Waals surface area contributed by atoms with Gasteiger partial charge < -0.3 is 9.15 Å². The number of pyridine rings is 1. The molecule has 28 heavy (non-hydrogen) atoms. The van der Waals surface area contributed by atoms with Crippen molar-refractivity contribution < 1.29 is 22.4 Å². The first-order chi connectivity index (χ1) is 13.2. The van der Waals surface area contributed by atoms with Gasteiger partial charge in [0.1, 0.15) is 12.4 Å². The van der Waals surface area contributed by atoms with Gasteiger partial charge >= 0.3 is 5.97 Å². The normalized spacial score (nSPS) is 12.1. The van der Waals surface area contributed by atoms with Crippen LogP contribution in [0.15, 0.2) is 52.0 Å². The van der Waals surface area contributed by atoms with Crippen LogP contribution in [0, 0.1) is 0 Å². The molecule has 1 aromatic carbocycles. The maximum Gasteiger partial charge on any atom is 0.339 e. The molecule has 0 spiro atoms. The van der Waals surface area contributed by atoms with Gasteiger partial charge in [0, 0.05) is 25.2 Å². The topological polar surface area (TPSA) is 89.7 Å². The molecular formula is C20H22N2O5S. The van der Waals surface area contributed by atoms with Crippen LogP contribution in [0.5, 0.6) is 0 Å². The molecule has 0 N–H and O–H groups in total. The van der Waals surface area contributed by atoms with Crippen molar-refractivity contribution in [3.63, 3.8) is 0 Å². The number of aromatic nitrogens is 1. The van der Waals surface area contributed by atoms with Crippen molar-refractivity contribution in [1.82, 2.24) is 9.29 Å². The number of nitrogens with zero attached hydrogens (tertiary/aromatic N) is 2. The third kappa shape index (κ3) is 3.93. The number of ether oxygens (including phenoxy) is 1. The largest absolute Gasteiger partial charge is 0.454 e. The highest BCUT2D eigenvalue weighted by Crippen LogP contribution is 2.24. The summed E-state index contributed by atoms with van der Waals surface area (Å²) < 4.78 is 35.9. The van der Waals surface area contributed by atoms with Crippen LogP contribution in [0.2, 0.25) is 0 Å². The highest BCUT2D eigenvalue weighted by molar-refractivity contribution is 7.88. The Kier molecular flexibility index (Phi) is 5.53. The summed E-state index contributed by atoms with van der Waals surface area (Å²) in [6, 6.07) is 11.9. The third-order valence-corrected chi connectivity index (χ3v) is 5.95. The van der Waals surface area contributed by atoms with E-state index < -0.39 is 16.0 Å². The second-order valence-corrected chi connectivity index (χ2v) is 8.93. The van der Waals surface area contributed by atoms with E-state index in [4.69, 9.17) is 9.15 Å². The Morgan fingerprint density at radius 1 is 1.18 bits per heavy atom. The molecule has 0 aliphatic carbocycles. The van der Waals surface area contributed by atoms with Gasteiger partial charge in [-0.05, 0) is 30.2 Å². The molecule has 0 aliphatic rings. The molecule has 0 atom stereocenters. The van der Waals surface area contributed by atoms with Crippen LogP contribution >= 0.6 is 0 Å². The summed E-state index contributed by atoms with van der Waals surface area (Å²) in [5, 5.41) is 0.507. The van der Waals surface area contributed by atoms with E-state index in [-0.39, 0.29) is 23.4 Å². The predicted molar refractivity (Wildman–Crippen MR) is 105 cm³/mol. The number of hydrogen-bond donors (Lipinski definition) is 0. The van der Waals surface area contributed by atoms with Gasteiger partial charge in [0.15, 0.2) is 0 Å². The van der Waals surface area contributed by atoms with Crippen molar-refractivity contribution in [2.75, 3.05) is 14.1 Å². The quantitative estimate of drug-likeness (QED) is 0.586. The minimum Gasteiger partial charge on any atom is -0.454 e. The first kappa shape index (κ1) is 20.0. The van der Waals surface area contributed by atoms with Crippen molar-refractivity contribution in [3.8, 4) is 0 Å². The minimum absolute atomic E-state index is 0.153. The number of para-hydroxylation sites is 1. The molecule has 0 bridgehead atoms.